The molecule has 0 amide bonds. The number of rotatable bonds is 1. The molecule has 1 saturated carbocycles. The van der Waals surface area contributed by atoms with Crippen molar-refractivity contribution in [1.29, 1.82) is 0 Å². The molecular formula is C8H14S. The molecule has 1 heterocycles. The zero-order valence-corrected chi connectivity index (χ0v) is 6.84. The lowest BCUT2D eigenvalue weighted by Crippen LogP contribution is -2.16. The van der Waals surface area contributed by atoms with E-state index in [1.54, 1.807) is 0 Å². The van der Waals surface area contributed by atoms with Crippen molar-refractivity contribution in [2.24, 2.45) is 0 Å². The number of fused-ring (bicyclic) bond motifs is 1. The van der Waals surface area contributed by atoms with E-state index in [-0.39, 0.29) is 0 Å². The highest BCUT2D eigenvalue weighted by molar-refractivity contribution is 8.08. The lowest BCUT2D eigenvalue weighted by atomic mass is 9.88. The zero-order chi connectivity index (χ0) is 6.32. The van der Waals surface area contributed by atoms with Crippen LogP contribution in [0.5, 0.6) is 0 Å². The summed E-state index contributed by atoms with van der Waals surface area (Å²) in [6, 6.07) is 0. The molecule has 0 N–H and O–H groups in total. The molecule has 2 fully saturated rings. The first-order valence-corrected chi connectivity index (χ1v) is 4.93. The van der Waals surface area contributed by atoms with Crippen molar-refractivity contribution in [3.05, 3.63) is 0 Å². The Bertz CT molecular complexity index is 122. The van der Waals surface area contributed by atoms with Crippen LogP contribution < -0.4 is 0 Å². The average Bonchev–Trinajstić information content (AvgIpc) is 2.62. The molecule has 1 aliphatic heterocycles. The van der Waals surface area contributed by atoms with Crippen LogP contribution in [-0.4, -0.2) is 10.00 Å². The Kier molecular flexibility index (Phi) is 1.29. The van der Waals surface area contributed by atoms with E-state index in [0.717, 1.165) is 10.00 Å². The lowest BCUT2D eigenvalue weighted by Gasteiger charge is -2.16. The maximum atomic E-state index is 2.35. The van der Waals surface area contributed by atoms with Crippen molar-refractivity contribution in [1.82, 2.24) is 0 Å². The number of hydrogen-bond donors (Lipinski definition) is 0. The molecule has 0 radical (unpaired) electrons. The fourth-order valence-corrected chi connectivity index (χ4v) is 3.65. The largest absolute Gasteiger partial charge is 0.149 e. The van der Waals surface area contributed by atoms with Gasteiger partial charge in [-0.3, -0.25) is 0 Å². The maximum absolute atomic E-state index is 2.35. The van der Waals surface area contributed by atoms with Crippen LogP contribution >= 0.6 is 11.8 Å². The van der Waals surface area contributed by atoms with Gasteiger partial charge in [0, 0.05) is 10.00 Å². The summed E-state index contributed by atoms with van der Waals surface area (Å²) in [4.78, 5) is 0. The Morgan fingerprint density at radius 1 is 1.56 bits per heavy atom. The summed E-state index contributed by atoms with van der Waals surface area (Å²) in [5.74, 6) is 0. The molecule has 0 aromatic carbocycles. The maximum Gasteiger partial charge on any atom is 0.0279 e. The van der Waals surface area contributed by atoms with Crippen LogP contribution in [0.15, 0.2) is 0 Å². The fraction of sp³-hybridized carbons (Fsp3) is 1.00. The minimum Gasteiger partial charge on any atom is -0.149 e. The third-order valence-corrected chi connectivity index (χ3v) is 4.79. The fourth-order valence-electron chi connectivity index (χ4n) is 2.03. The Morgan fingerprint density at radius 2 is 2.44 bits per heavy atom. The predicted molar refractivity (Wildman–Crippen MR) is 42.9 cm³/mol. The summed E-state index contributed by atoms with van der Waals surface area (Å²) in [5.41, 5.74) is 0. The van der Waals surface area contributed by atoms with E-state index in [0.29, 0.717) is 0 Å². The summed E-state index contributed by atoms with van der Waals surface area (Å²) < 4.78 is 0.804. The van der Waals surface area contributed by atoms with Gasteiger partial charge in [-0.2, -0.15) is 0 Å². The van der Waals surface area contributed by atoms with Gasteiger partial charge in [0.2, 0.25) is 0 Å². The first-order chi connectivity index (χ1) is 4.37. The summed E-state index contributed by atoms with van der Waals surface area (Å²) in [5, 5.41) is 1.08. The van der Waals surface area contributed by atoms with E-state index in [9.17, 15) is 0 Å². The molecule has 9 heavy (non-hydrogen) atoms. The predicted octanol–water partition coefficient (Wildman–Crippen LogP) is 2.82. The first-order valence-electron chi connectivity index (χ1n) is 4.05. The van der Waals surface area contributed by atoms with Gasteiger partial charge >= 0.3 is 0 Å². The van der Waals surface area contributed by atoms with Gasteiger partial charge in [-0.25, -0.2) is 0 Å². The van der Waals surface area contributed by atoms with Crippen LogP contribution in [-0.2, 0) is 0 Å². The Labute approximate surface area is 61.4 Å². The first kappa shape index (κ1) is 6.09. The van der Waals surface area contributed by atoms with Gasteiger partial charge in [-0.05, 0) is 19.3 Å². The molecule has 0 aromatic heterocycles. The second-order valence-electron chi connectivity index (χ2n) is 3.27. The molecule has 52 valence electrons. The smallest absolute Gasteiger partial charge is 0.0279 e. The normalized spacial score (nSPS) is 48.3. The second-order valence-corrected chi connectivity index (χ2v) is 4.89. The summed E-state index contributed by atoms with van der Waals surface area (Å²) in [6.07, 6.45) is 7.44. The minimum absolute atomic E-state index is 0.804. The van der Waals surface area contributed by atoms with Crippen molar-refractivity contribution in [3.8, 4) is 0 Å². The van der Waals surface area contributed by atoms with E-state index in [2.05, 4.69) is 18.7 Å². The number of hydrogen-bond acceptors (Lipinski definition) is 1. The molecule has 0 aromatic rings. The highest BCUT2D eigenvalue weighted by atomic mass is 32.2. The van der Waals surface area contributed by atoms with Gasteiger partial charge in [0.25, 0.3) is 0 Å². The van der Waals surface area contributed by atoms with Crippen molar-refractivity contribution in [2.75, 3.05) is 0 Å². The van der Waals surface area contributed by atoms with Crippen LogP contribution in [0.1, 0.15) is 39.0 Å². The monoisotopic (exact) mass is 142 g/mol. The molecule has 1 heteroatoms. The Balaban J connectivity index is 2.01. The van der Waals surface area contributed by atoms with E-state index >= 15 is 0 Å². The van der Waals surface area contributed by atoms with E-state index in [1.165, 1.54) is 32.1 Å². The zero-order valence-electron chi connectivity index (χ0n) is 6.02. The van der Waals surface area contributed by atoms with Crippen molar-refractivity contribution >= 4 is 11.8 Å². The van der Waals surface area contributed by atoms with Gasteiger partial charge in [0.05, 0.1) is 0 Å². The van der Waals surface area contributed by atoms with Gasteiger partial charge in [-0.15, -0.1) is 11.8 Å². The molecule has 2 atom stereocenters. The van der Waals surface area contributed by atoms with E-state index in [1.807, 2.05) is 0 Å². The molecular weight excluding hydrogens is 128 g/mol. The quantitative estimate of drug-likeness (QED) is 0.507. The standard InChI is InChI=1S/C8H14S/c1-2-8-6-4-3-5-7(8)9-8/h7H,2-6H2,1H3. The molecule has 2 rings (SSSR count). The van der Waals surface area contributed by atoms with Crippen molar-refractivity contribution < 1.29 is 0 Å². The molecule has 0 bridgehead atoms. The molecule has 0 spiro atoms. The molecule has 2 aliphatic rings. The molecule has 0 nitrogen and oxygen atoms in total. The van der Waals surface area contributed by atoms with E-state index < -0.39 is 0 Å². The summed E-state index contributed by atoms with van der Waals surface area (Å²) in [7, 11) is 0. The Morgan fingerprint density at radius 3 is 3.00 bits per heavy atom. The van der Waals surface area contributed by atoms with Crippen molar-refractivity contribution in [3.63, 3.8) is 0 Å². The third kappa shape index (κ3) is 0.813. The summed E-state index contributed by atoms with van der Waals surface area (Å²) >= 11 is 2.25. The van der Waals surface area contributed by atoms with Crippen molar-refractivity contribution in [2.45, 2.75) is 49.0 Å². The highest BCUT2D eigenvalue weighted by Crippen LogP contribution is 2.63. The van der Waals surface area contributed by atoms with Crippen LogP contribution in [0.3, 0.4) is 0 Å². The van der Waals surface area contributed by atoms with Crippen LogP contribution in [0.4, 0.5) is 0 Å². The number of thioether (sulfide) groups is 1. The van der Waals surface area contributed by atoms with Gasteiger partial charge < -0.3 is 0 Å². The summed E-state index contributed by atoms with van der Waals surface area (Å²) in [6.45, 7) is 2.35. The SMILES string of the molecule is CCC12CCCCC1S2. The van der Waals surface area contributed by atoms with Gasteiger partial charge in [-0.1, -0.05) is 19.8 Å². The molecule has 2 unspecified atom stereocenters. The van der Waals surface area contributed by atoms with Gasteiger partial charge in [0.1, 0.15) is 0 Å². The Hall–Kier alpha value is 0.350. The highest BCUT2D eigenvalue weighted by Gasteiger charge is 2.54. The van der Waals surface area contributed by atoms with Crippen LogP contribution in [0.2, 0.25) is 0 Å². The van der Waals surface area contributed by atoms with Gasteiger partial charge in [0.15, 0.2) is 0 Å². The van der Waals surface area contributed by atoms with Crippen LogP contribution in [0, 0.1) is 0 Å². The third-order valence-electron chi connectivity index (χ3n) is 2.82. The average molecular weight is 142 g/mol. The van der Waals surface area contributed by atoms with E-state index in [4.69, 9.17) is 0 Å². The molecule has 1 aliphatic carbocycles. The molecule has 1 saturated heterocycles. The minimum atomic E-state index is 0.804. The topological polar surface area (TPSA) is 0 Å². The van der Waals surface area contributed by atoms with Crippen LogP contribution in [0.25, 0.3) is 0 Å². The second kappa shape index (κ2) is 1.91. The lowest BCUT2D eigenvalue weighted by molar-refractivity contribution is 0.453.